The molecule has 1 rings (SSSR count). The third kappa shape index (κ3) is 3.64. The van der Waals surface area contributed by atoms with Crippen molar-refractivity contribution in [3.63, 3.8) is 0 Å². The van der Waals surface area contributed by atoms with Gasteiger partial charge in [-0.15, -0.1) is 0 Å². The third-order valence-electron chi connectivity index (χ3n) is 1.87. The standard InChI is InChI=1S/C10H6F6NO/c1-5(18)17-8-3-6(9(11,12)13)2-7(4-8)10(14,15)16/h2-4H,1H2,(H,17,18). The number of benzene rings is 1. The van der Waals surface area contributed by atoms with Crippen LogP contribution >= 0.6 is 0 Å². The second kappa shape index (κ2) is 4.51. The molecular formula is C10H6F6NO. The molecule has 1 amide bonds. The lowest BCUT2D eigenvalue weighted by molar-refractivity contribution is -0.143. The Hall–Kier alpha value is -1.73. The van der Waals surface area contributed by atoms with Crippen LogP contribution in [0.3, 0.4) is 0 Å². The van der Waals surface area contributed by atoms with E-state index in [1.807, 2.05) is 0 Å². The zero-order chi connectivity index (χ0) is 14.1. The van der Waals surface area contributed by atoms with E-state index in [0.717, 1.165) is 0 Å². The van der Waals surface area contributed by atoms with Crippen LogP contribution in [0.15, 0.2) is 18.2 Å². The number of hydrogen-bond acceptors (Lipinski definition) is 1. The largest absolute Gasteiger partial charge is 0.416 e. The number of hydrogen-bond donors (Lipinski definition) is 1. The second-order valence-electron chi connectivity index (χ2n) is 3.34. The number of anilines is 1. The van der Waals surface area contributed by atoms with Gasteiger partial charge in [-0.05, 0) is 18.2 Å². The van der Waals surface area contributed by atoms with Crippen molar-refractivity contribution < 1.29 is 31.1 Å². The molecule has 18 heavy (non-hydrogen) atoms. The Bertz CT molecular complexity index is 430. The van der Waals surface area contributed by atoms with Gasteiger partial charge in [-0.2, -0.15) is 26.3 Å². The maximum Gasteiger partial charge on any atom is 0.416 e. The highest BCUT2D eigenvalue weighted by Gasteiger charge is 2.36. The molecule has 8 heteroatoms. The van der Waals surface area contributed by atoms with Gasteiger partial charge in [-0.25, -0.2) is 0 Å². The molecule has 0 aliphatic rings. The second-order valence-corrected chi connectivity index (χ2v) is 3.34. The molecule has 1 radical (unpaired) electrons. The molecule has 1 aromatic rings. The van der Waals surface area contributed by atoms with Crippen LogP contribution in [0.4, 0.5) is 32.0 Å². The maximum atomic E-state index is 12.4. The molecule has 0 aliphatic heterocycles. The van der Waals surface area contributed by atoms with Gasteiger partial charge in [0.15, 0.2) is 0 Å². The van der Waals surface area contributed by atoms with Crippen LogP contribution in [0.25, 0.3) is 0 Å². The van der Waals surface area contributed by atoms with Gasteiger partial charge in [0, 0.05) is 12.6 Å². The van der Waals surface area contributed by atoms with Gasteiger partial charge in [-0.3, -0.25) is 4.79 Å². The Kier molecular flexibility index (Phi) is 3.59. The number of carbonyl (C=O) groups is 1. The van der Waals surface area contributed by atoms with Crippen LogP contribution < -0.4 is 5.32 Å². The number of nitrogens with one attached hydrogen (secondary N) is 1. The first kappa shape index (κ1) is 14.3. The lowest BCUT2D eigenvalue weighted by atomic mass is 10.1. The lowest BCUT2D eigenvalue weighted by Crippen LogP contribution is -2.13. The molecule has 0 saturated heterocycles. The van der Waals surface area contributed by atoms with Crippen molar-refractivity contribution in [2.75, 3.05) is 5.32 Å². The summed E-state index contributed by atoms with van der Waals surface area (Å²) in [5, 5.41) is 1.78. The molecule has 0 bridgehead atoms. The number of amides is 1. The van der Waals surface area contributed by atoms with Crippen LogP contribution in [-0.2, 0) is 17.1 Å². The molecule has 0 saturated carbocycles. The fourth-order valence-electron chi connectivity index (χ4n) is 1.19. The summed E-state index contributed by atoms with van der Waals surface area (Å²) in [6, 6.07) is 0.773. The van der Waals surface area contributed by atoms with Gasteiger partial charge in [-0.1, -0.05) is 0 Å². The lowest BCUT2D eigenvalue weighted by Gasteiger charge is -2.14. The van der Waals surface area contributed by atoms with Gasteiger partial charge < -0.3 is 5.32 Å². The van der Waals surface area contributed by atoms with Crippen LogP contribution in [-0.4, -0.2) is 5.91 Å². The quantitative estimate of drug-likeness (QED) is 0.777. The zero-order valence-corrected chi connectivity index (χ0v) is 8.62. The van der Waals surface area contributed by atoms with Crippen LogP contribution in [0.5, 0.6) is 0 Å². The highest BCUT2D eigenvalue weighted by atomic mass is 19.4. The number of halogens is 6. The summed E-state index contributed by atoms with van der Waals surface area (Å²) >= 11 is 0. The van der Waals surface area contributed by atoms with Crippen LogP contribution in [0.1, 0.15) is 11.1 Å². The van der Waals surface area contributed by atoms with Gasteiger partial charge >= 0.3 is 12.4 Å². The summed E-state index contributed by atoms with van der Waals surface area (Å²) in [7, 11) is 0. The predicted molar refractivity (Wildman–Crippen MR) is 50.4 cm³/mol. The van der Waals surface area contributed by atoms with Crippen molar-refractivity contribution in [1.82, 2.24) is 0 Å². The number of carbonyl (C=O) groups excluding carboxylic acids is 1. The summed E-state index contributed by atoms with van der Waals surface area (Å²) in [5.41, 5.74) is -3.61. The van der Waals surface area contributed by atoms with Gasteiger partial charge in [0.1, 0.15) is 0 Å². The highest BCUT2D eigenvalue weighted by molar-refractivity contribution is 5.94. The van der Waals surface area contributed by atoms with Crippen molar-refractivity contribution in [3.8, 4) is 0 Å². The molecule has 0 spiro atoms. The zero-order valence-electron chi connectivity index (χ0n) is 8.62. The van der Waals surface area contributed by atoms with Crippen LogP contribution in [0.2, 0.25) is 0 Å². The minimum absolute atomic E-state index is 0.0290. The third-order valence-corrected chi connectivity index (χ3v) is 1.87. The molecular weight excluding hydrogens is 264 g/mol. The summed E-state index contributed by atoms with van der Waals surface area (Å²) in [5.74, 6) is -1.01. The van der Waals surface area contributed by atoms with Gasteiger partial charge in [0.2, 0.25) is 5.91 Å². The fraction of sp³-hybridized carbons (Fsp3) is 0.200. The highest BCUT2D eigenvalue weighted by Crippen LogP contribution is 2.37. The summed E-state index contributed by atoms with van der Waals surface area (Å²) in [6.45, 7) is 2.80. The van der Waals surface area contributed by atoms with E-state index < -0.39 is 35.1 Å². The van der Waals surface area contributed by atoms with E-state index in [0.29, 0.717) is 12.1 Å². The first-order valence-corrected chi connectivity index (χ1v) is 4.42. The first-order valence-electron chi connectivity index (χ1n) is 4.42. The average Bonchev–Trinajstić information content (AvgIpc) is 2.13. The predicted octanol–water partition coefficient (Wildman–Crippen LogP) is 3.50. The van der Waals surface area contributed by atoms with E-state index >= 15 is 0 Å². The molecule has 0 aromatic heterocycles. The molecule has 1 aromatic carbocycles. The summed E-state index contributed by atoms with van der Waals surface area (Å²) < 4.78 is 74.3. The van der Waals surface area contributed by atoms with E-state index in [4.69, 9.17) is 0 Å². The molecule has 0 aliphatic carbocycles. The van der Waals surface area contributed by atoms with E-state index in [-0.39, 0.29) is 6.07 Å². The van der Waals surface area contributed by atoms with E-state index in [1.54, 1.807) is 5.32 Å². The first-order chi connectivity index (χ1) is 8.00. The molecule has 0 atom stereocenters. The normalized spacial score (nSPS) is 12.4. The topological polar surface area (TPSA) is 29.1 Å². The van der Waals surface area contributed by atoms with E-state index in [9.17, 15) is 31.1 Å². The van der Waals surface area contributed by atoms with Crippen molar-refractivity contribution in [2.24, 2.45) is 0 Å². The van der Waals surface area contributed by atoms with E-state index in [2.05, 4.69) is 6.92 Å². The summed E-state index contributed by atoms with van der Waals surface area (Å²) in [4.78, 5) is 10.6. The molecule has 2 nitrogen and oxygen atoms in total. The SMILES string of the molecule is [CH2]C(=O)Nc1cc(C(F)(F)F)cc(C(F)(F)F)c1. The van der Waals surface area contributed by atoms with Crippen molar-refractivity contribution in [3.05, 3.63) is 36.2 Å². The Morgan fingerprint density at radius 3 is 1.61 bits per heavy atom. The fourth-order valence-corrected chi connectivity index (χ4v) is 1.19. The smallest absolute Gasteiger partial charge is 0.326 e. The Morgan fingerprint density at radius 1 is 0.944 bits per heavy atom. The molecule has 0 heterocycles. The summed E-state index contributed by atoms with van der Waals surface area (Å²) in [6.07, 6.45) is -9.89. The number of rotatable bonds is 1. The van der Waals surface area contributed by atoms with Crippen LogP contribution in [0, 0.1) is 6.92 Å². The monoisotopic (exact) mass is 270 g/mol. The Labute approximate surface area is 97.6 Å². The molecule has 0 unspecified atom stereocenters. The van der Waals surface area contributed by atoms with Gasteiger partial charge in [0.05, 0.1) is 11.1 Å². The van der Waals surface area contributed by atoms with Crippen molar-refractivity contribution in [1.29, 1.82) is 0 Å². The van der Waals surface area contributed by atoms with Crippen molar-refractivity contribution >= 4 is 11.6 Å². The Morgan fingerprint density at radius 2 is 1.33 bits per heavy atom. The minimum Gasteiger partial charge on any atom is -0.326 e. The van der Waals surface area contributed by atoms with Gasteiger partial charge in [0.25, 0.3) is 0 Å². The average molecular weight is 270 g/mol. The maximum absolute atomic E-state index is 12.4. The Balaban J connectivity index is 3.34. The molecule has 99 valence electrons. The van der Waals surface area contributed by atoms with E-state index in [1.165, 1.54) is 0 Å². The van der Waals surface area contributed by atoms with Crippen molar-refractivity contribution in [2.45, 2.75) is 12.4 Å². The molecule has 1 N–H and O–H groups in total. The number of alkyl halides is 6. The molecule has 0 fully saturated rings. The minimum atomic E-state index is -4.94.